The van der Waals surface area contributed by atoms with Gasteiger partial charge in [-0.25, -0.2) is 0 Å². The molecule has 2 saturated heterocycles. The van der Waals surface area contributed by atoms with Crippen molar-refractivity contribution in [3.8, 4) is 0 Å². The molecule has 0 aliphatic carbocycles. The van der Waals surface area contributed by atoms with Crippen molar-refractivity contribution in [2.45, 2.75) is 49.7 Å². The van der Waals surface area contributed by atoms with Crippen LogP contribution in [0, 0.1) is 0 Å². The van der Waals surface area contributed by atoms with Crippen LogP contribution in [0.2, 0.25) is 0 Å². The third kappa shape index (κ3) is 1.94. The summed E-state index contributed by atoms with van der Waals surface area (Å²) in [6, 6.07) is 0.749. The Morgan fingerprint density at radius 3 is 2.72 bits per heavy atom. The van der Waals surface area contributed by atoms with Gasteiger partial charge in [-0.2, -0.15) is 4.98 Å². The molecule has 2 bridgehead atoms. The lowest BCUT2D eigenvalue weighted by atomic mass is 9.90. The Kier molecular flexibility index (Phi) is 3.09. The molecule has 100 valence electrons. The van der Waals surface area contributed by atoms with Gasteiger partial charge >= 0.3 is 0 Å². The van der Waals surface area contributed by atoms with Gasteiger partial charge in [0.2, 0.25) is 5.89 Å². The molecule has 2 unspecified atom stereocenters. The van der Waals surface area contributed by atoms with Gasteiger partial charge in [0.25, 0.3) is 0 Å². The molecule has 1 aromatic rings. The van der Waals surface area contributed by atoms with E-state index >= 15 is 0 Å². The molecule has 2 aliphatic rings. The van der Waals surface area contributed by atoms with Gasteiger partial charge in [0, 0.05) is 18.0 Å². The van der Waals surface area contributed by atoms with E-state index < -0.39 is 6.04 Å². The monoisotopic (exact) mass is 252 g/mol. The van der Waals surface area contributed by atoms with E-state index in [-0.39, 0.29) is 6.61 Å². The van der Waals surface area contributed by atoms with Crippen LogP contribution in [0.5, 0.6) is 0 Å². The minimum atomic E-state index is -0.561. The molecule has 18 heavy (non-hydrogen) atoms. The first kappa shape index (κ1) is 12.1. The van der Waals surface area contributed by atoms with Gasteiger partial charge in [-0.3, -0.25) is 0 Å². The van der Waals surface area contributed by atoms with E-state index in [0.717, 1.165) is 18.7 Å². The van der Waals surface area contributed by atoms with Gasteiger partial charge in [-0.05, 0) is 32.7 Å². The van der Waals surface area contributed by atoms with Crippen LogP contribution >= 0.6 is 0 Å². The summed E-state index contributed by atoms with van der Waals surface area (Å²) in [5.41, 5.74) is 5.67. The second kappa shape index (κ2) is 4.60. The number of aliphatic hydroxyl groups excluding tert-OH is 1. The highest BCUT2D eigenvalue weighted by Gasteiger charge is 2.40. The van der Waals surface area contributed by atoms with Gasteiger partial charge in [0.05, 0.1) is 6.61 Å². The van der Waals surface area contributed by atoms with Gasteiger partial charge in [-0.1, -0.05) is 5.16 Å². The molecule has 0 amide bonds. The summed E-state index contributed by atoms with van der Waals surface area (Å²) in [4.78, 5) is 6.83. The van der Waals surface area contributed by atoms with Crippen LogP contribution in [0.4, 0.5) is 0 Å². The standard InChI is InChI=1S/C12H20N4O2/c1-16-8-2-3-9(16)5-7(4-8)11-14-12(18-15-11)10(13)6-17/h7-10,17H,2-6,13H2,1H3/t7?,8?,9?,10-/m1/s1. The number of hydrogen-bond acceptors (Lipinski definition) is 6. The average Bonchev–Trinajstić information content (AvgIpc) is 2.92. The molecule has 0 radical (unpaired) electrons. The summed E-state index contributed by atoms with van der Waals surface area (Å²) in [6.07, 6.45) is 4.75. The molecular weight excluding hydrogens is 232 g/mol. The fourth-order valence-corrected chi connectivity index (χ4v) is 3.26. The maximum atomic E-state index is 8.98. The molecule has 3 N–H and O–H groups in total. The highest BCUT2D eigenvalue weighted by Crippen LogP contribution is 2.41. The minimum Gasteiger partial charge on any atom is -0.394 e. The number of hydrogen-bond donors (Lipinski definition) is 2. The van der Waals surface area contributed by atoms with Gasteiger partial charge < -0.3 is 20.3 Å². The molecule has 3 atom stereocenters. The van der Waals surface area contributed by atoms with Crippen LogP contribution in [0.15, 0.2) is 4.52 Å². The lowest BCUT2D eigenvalue weighted by Gasteiger charge is -2.34. The molecule has 0 aromatic carbocycles. The number of nitrogens with two attached hydrogens (primary N) is 1. The lowest BCUT2D eigenvalue weighted by molar-refractivity contribution is 0.157. The smallest absolute Gasteiger partial charge is 0.245 e. The predicted octanol–water partition coefficient (Wildman–Crippen LogP) is 0.402. The third-order valence-electron chi connectivity index (χ3n) is 4.43. The van der Waals surface area contributed by atoms with Crippen LogP contribution < -0.4 is 5.73 Å². The molecule has 6 nitrogen and oxygen atoms in total. The predicted molar refractivity (Wildman–Crippen MR) is 64.9 cm³/mol. The van der Waals surface area contributed by atoms with Crippen molar-refractivity contribution in [1.29, 1.82) is 0 Å². The van der Waals surface area contributed by atoms with Crippen LogP contribution in [-0.4, -0.2) is 45.9 Å². The Morgan fingerprint density at radius 1 is 1.44 bits per heavy atom. The second-order valence-electron chi connectivity index (χ2n) is 5.50. The van der Waals surface area contributed by atoms with Crippen molar-refractivity contribution in [3.05, 3.63) is 11.7 Å². The molecule has 3 rings (SSSR count). The molecule has 1 aromatic heterocycles. The summed E-state index contributed by atoms with van der Waals surface area (Å²) < 4.78 is 5.13. The van der Waals surface area contributed by atoms with Crippen LogP contribution in [0.3, 0.4) is 0 Å². The van der Waals surface area contributed by atoms with E-state index in [1.165, 1.54) is 12.8 Å². The third-order valence-corrected chi connectivity index (χ3v) is 4.43. The molecule has 2 aliphatic heterocycles. The van der Waals surface area contributed by atoms with E-state index in [9.17, 15) is 0 Å². The second-order valence-corrected chi connectivity index (χ2v) is 5.50. The topological polar surface area (TPSA) is 88.4 Å². The number of aliphatic hydroxyl groups is 1. The molecule has 0 saturated carbocycles. The molecule has 2 fully saturated rings. The van der Waals surface area contributed by atoms with E-state index in [1.54, 1.807) is 0 Å². The summed E-state index contributed by atoms with van der Waals surface area (Å²) in [5, 5.41) is 13.0. The van der Waals surface area contributed by atoms with Gasteiger partial charge in [0.15, 0.2) is 5.82 Å². The van der Waals surface area contributed by atoms with Crippen molar-refractivity contribution in [3.63, 3.8) is 0 Å². The first-order chi connectivity index (χ1) is 8.69. The Bertz CT molecular complexity index is 408. The first-order valence-corrected chi connectivity index (χ1v) is 6.61. The number of aromatic nitrogens is 2. The van der Waals surface area contributed by atoms with Crippen molar-refractivity contribution in [2.24, 2.45) is 5.73 Å². The average molecular weight is 252 g/mol. The fourth-order valence-electron chi connectivity index (χ4n) is 3.26. The molecule has 3 heterocycles. The van der Waals surface area contributed by atoms with Crippen molar-refractivity contribution in [2.75, 3.05) is 13.7 Å². The fraction of sp³-hybridized carbons (Fsp3) is 0.833. The Hall–Kier alpha value is -0.980. The van der Waals surface area contributed by atoms with E-state index in [0.29, 0.717) is 23.9 Å². The lowest BCUT2D eigenvalue weighted by Crippen LogP contribution is -2.39. The van der Waals surface area contributed by atoms with E-state index in [1.807, 2.05) is 0 Å². The zero-order valence-corrected chi connectivity index (χ0v) is 10.6. The maximum absolute atomic E-state index is 8.98. The maximum Gasteiger partial charge on any atom is 0.245 e. The summed E-state index contributed by atoms with van der Waals surface area (Å²) in [5.74, 6) is 1.49. The molecular formula is C12H20N4O2. The largest absolute Gasteiger partial charge is 0.394 e. The van der Waals surface area contributed by atoms with E-state index in [2.05, 4.69) is 22.1 Å². The van der Waals surface area contributed by atoms with Crippen LogP contribution in [0.25, 0.3) is 0 Å². The van der Waals surface area contributed by atoms with Gasteiger partial charge in [-0.15, -0.1) is 0 Å². The zero-order chi connectivity index (χ0) is 12.7. The summed E-state index contributed by atoms with van der Waals surface area (Å²) >= 11 is 0. The number of rotatable bonds is 3. The zero-order valence-electron chi connectivity index (χ0n) is 10.6. The highest BCUT2D eigenvalue weighted by atomic mass is 16.5. The number of nitrogens with zero attached hydrogens (tertiary/aromatic N) is 3. The van der Waals surface area contributed by atoms with Crippen molar-refractivity contribution < 1.29 is 9.63 Å². The summed E-state index contributed by atoms with van der Waals surface area (Å²) in [6.45, 7) is -0.166. The first-order valence-electron chi connectivity index (χ1n) is 6.61. The highest BCUT2D eigenvalue weighted by molar-refractivity contribution is 5.06. The number of piperidine rings is 1. The quantitative estimate of drug-likeness (QED) is 0.809. The minimum absolute atomic E-state index is 0.166. The molecule has 6 heteroatoms. The Balaban J connectivity index is 1.74. The summed E-state index contributed by atoms with van der Waals surface area (Å²) in [7, 11) is 2.21. The van der Waals surface area contributed by atoms with E-state index in [4.69, 9.17) is 15.4 Å². The van der Waals surface area contributed by atoms with Crippen molar-refractivity contribution >= 4 is 0 Å². The Morgan fingerprint density at radius 2 is 2.11 bits per heavy atom. The van der Waals surface area contributed by atoms with Crippen LogP contribution in [-0.2, 0) is 0 Å². The molecule has 0 spiro atoms. The van der Waals surface area contributed by atoms with Gasteiger partial charge in [0.1, 0.15) is 6.04 Å². The number of fused-ring (bicyclic) bond motifs is 2. The normalized spacial score (nSPS) is 33.8. The Labute approximate surface area is 106 Å². The van der Waals surface area contributed by atoms with Crippen LogP contribution in [0.1, 0.15) is 49.4 Å². The van der Waals surface area contributed by atoms with Crippen molar-refractivity contribution in [1.82, 2.24) is 15.0 Å². The SMILES string of the molecule is CN1C2CCC1CC(c1noc([C@H](N)CO)n1)C2.